The molecule has 5 nitrogen and oxygen atoms in total. The highest BCUT2D eigenvalue weighted by Crippen LogP contribution is 2.10. The van der Waals surface area contributed by atoms with Gasteiger partial charge in [-0.2, -0.15) is 0 Å². The predicted octanol–water partition coefficient (Wildman–Crippen LogP) is 0.978. The van der Waals surface area contributed by atoms with E-state index in [1.807, 2.05) is 0 Å². The number of nitrogens with one attached hydrogen (secondary N) is 1. The number of rotatable bonds is 3. The second kappa shape index (κ2) is 6.56. The van der Waals surface area contributed by atoms with Crippen LogP contribution >= 0.6 is 0 Å². The van der Waals surface area contributed by atoms with Gasteiger partial charge in [0.2, 0.25) is 0 Å². The van der Waals surface area contributed by atoms with Gasteiger partial charge in [0.1, 0.15) is 0 Å². The van der Waals surface area contributed by atoms with Gasteiger partial charge in [-0.05, 0) is 26.3 Å². The van der Waals surface area contributed by atoms with Crippen LogP contribution in [0, 0.1) is 0 Å². The normalized spacial score (nSPS) is 19.5. The zero-order valence-electron chi connectivity index (χ0n) is 11.4. The van der Waals surface area contributed by atoms with E-state index in [1.54, 1.807) is 6.08 Å². The molecule has 5 heteroatoms. The summed E-state index contributed by atoms with van der Waals surface area (Å²) in [7, 11) is 1.30. The first-order chi connectivity index (χ1) is 8.41. The summed E-state index contributed by atoms with van der Waals surface area (Å²) in [5.41, 5.74) is 1.26. The van der Waals surface area contributed by atoms with Crippen molar-refractivity contribution >= 4 is 5.91 Å². The van der Waals surface area contributed by atoms with Crippen molar-refractivity contribution in [2.75, 3.05) is 26.7 Å². The number of carbonyl (C=O) groups excluding carboxylic acids is 1. The topological polar surface area (TPSA) is 55.8 Å². The zero-order valence-corrected chi connectivity index (χ0v) is 11.4. The van der Waals surface area contributed by atoms with Crippen molar-refractivity contribution in [1.29, 1.82) is 0 Å². The van der Waals surface area contributed by atoms with Gasteiger partial charge in [-0.25, -0.2) is 5.06 Å². The van der Waals surface area contributed by atoms with E-state index in [2.05, 4.69) is 30.6 Å². The van der Waals surface area contributed by atoms with Crippen molar-refractivity contribution in [1.82, 2.24) is 15.3 Å². The van der Waals surface area contributed by atoms with Crippen molar-refractivity contribution in [2.24, 2.45) is 0 Å². The second-order valence-electron chi connectivity index (χ2n) is 4.87. The van der Waals surface area contributed by atoms with E-state index >= 15 is 0 Å². The predicted molar refractivity (Wildman–Crippen MR) is 71.1 cm³/mol. The molecule has 18 heavy (non-hydrogen) atoms. The molecule has 0 saturated carbocycles. The monoisotopic (exact) mass is 253 g/mol. The molecule has 0 radical (unpaired) electrons. The Bertz CT molecular complexity index is 348. The number of hydrogen-bond acceptors (Lipinski definition) is 4. The van der Waals surface area contributed by atoms with Gasteiger partial charge < -0.3 is 5.32 Å². The Morgan fingerprint density at radius 2 is 2.28 bits per heavy atom. The third kappa shape index (κ3) is 4.16. The van der Waals surface area contributed by atoms with Crippen LogP contribution in [0.4, 0.5) is 0 Å². The van der Waals surface area contributed by atoms with Crippen LogP contribution in [0.1, 0.15) is 20.3 Å². The van der Waals surface area contributed by atoms with Gasteiger partial charge in [-0.1, -0.05) is 6.58 Å². The van der Waals surface area contributed by atoms with E-state index in [1.165, 1.54) is 7.05 Å². The van der Waals surface area contributed by atoms with Crippen LogP contribution in [0.5, 0.6) is 0 Å². The highest BCUT2D eigenvalue weighted by molar-refractivity contribution is 5.94. The van der Waals surface area contributed by atoms with Crippen LogP contribution in [0.25, 0.3) is 0 Å². The Hall–Kier alpha value is -1.33. The maximum atomic E-state index is 11.5. The molecule has 1 aliphatic rings. The van der Waals surface area contributed by atoms with E-state index in [0.29, 0.717) is 11.1 Å². The lowest BCUT2D eigenvalue weighted by Gasteiger charge is -2.24. The van der Waals surface area contributed by atoms with Crippen molar-refractivity contribution in [3.63, 3.8) is 0 Å². The van der Waals surface area contributed by atoms with E-state index in [0.717, 1.165) is 31.8 Å². The summed E-state index contributed by atoms with van der Waals surface area (Å²) in [4.78, 5) is 13.8. The highest BCUT2D eigenvalue weighted by atomic mass is 16.5. The van der Waals surface area contributed by atoms with Crippen LogP contribution < -0.4 is 5.32 Å². The van der Waals surface area contributed by atoms with Crippen LogP contribution in [0.15, 0.2) is 23.9 Å². The molecule has 102 valence electrons. The molecule has 1 saturated heterocycles. The van der Waals surface area contributed by atoms with E-state index < -0.39 is 5.91 Å². The average molecular weight is 253 g/mol. The van der Waals surface area contributed by atoms with Gasteiger partial charge in [0, 0.05) is 44.0 Å². The van der Waals surface area contributed by atoms with Gasteiger partial charge in [0.15, 0.2) is 0 Å². The smallest absolute Gasteiger partial charge is 0.276 e. The minimum Gasteiger partial charge on any atom is -0.387 e. The molecule has 2 N–H and O–H groups in total. The summed E-state index contributed by atoms with van der Waals surface area (Å²) < 4.78 is 0. The molecular weight excluding hydrogens is 230 g/mol. The standard InChI is InChI=1S/C13H23N3O2/c1-10(2)16-7-5-6-14-12(9-16)8-11(3)13(17)15(4)18/h8,10,14,18H,3,5-7,9H2,1-2,4H3/b12-8-. The van der Waals surface area contributed by atoms with Crippen molar-refractivity contribution in [2.45, 2.75) is 26.3 Å². The summed E-state index contributed by atoms with van der Waals surface area (Å²) in [5, 5.41) is 12.9. The van der Waals surface area contributed by atoms with Gasteiger partial charge in [0.05, 0.1) is 0 Å². The van der Waals surface area contributed by atoms with Gasteiger partial charge >= 0.3 is 0 Å². The molecule has 0 bridgehead atoms. The summed E-state index contributed by atoms with van der Waals surface area (Å²) in [5.74, 6) is -0.482. The average Bonchev–Trinajstić information content (AvgIpc) is 2.53. The van der Waals surface area contributed by atoms with E-state index in [-0.39, 0.29) is 5.57 Å². The molecule has 1 amide bonds. The minimum atomic E-state index is -0.482. The Labute approximate surface area is 109 Å². The maximum absolute atomic E-state index is 11.5. The van der Waals surface area contributed by atoms with E-state index in [4.69, 9.17) is 5.21 Å². The third-order valence-electron chi connectivity index (χ3n) is 2.99. The number of nitrogens with zero attached hydrogens (tertiary/aromatic N) is 2. The van der Waals surface area contributed by atoms with Crippen molar-refractivity contribution in [3.8, 4) is 0 Å². The first-order valence-corrected chi connectivity index (χ1v) is 6.26. The summed E-state index contributed by atoms with van der Waals surface area (Å²) in [6, 6.07) is 0.470. The fourth-order valence-electron chi connectivity index (χ4n) is 1.90. The molecule has 0 spiro atoms. The molecule has 0 aromatic carbocycles. The minimum absolute atomic E-state index is 0.285. The Morgan fingerprint density at radius 3 is 2.83 bits per heavy atom. The van der Waals surface area contributed by atoms with Crippen LogP contribution in [0.2, 0.25) is 0 Å². The number of hydrogen-bond donors (Lipinski definition) is 2. The molecular formula is C13H23N3O2. The van der Waals surface area contributed by atoms with Gasteiger partial charge in [-0.15, -0.1) is 0 Å². The number of carbonyl (C=O) groups is 1. The Balaban J connectivity index is 2.74. The number of likely N-dealkylation sites (N-methyl/N-ethyl adjacent to an activating group) is 1. The largest absolute Gasteiger partial charge is 0.387 e. The van der Waals surface area contributed by atoms with Crippen molar-refractivity contribution < 1.29 is 10.0 Å². The Kier molecular flexibility index (Phi) is 5.37. The molecule has 1 heterocycles. The maximum Gasteiger partial charge on any atom is 0.276 e. The lowest BCUT2D eigenvalue weighted by Crippen LogP contribution is -2.33. The molecule has 0 unspecified atom stereocenters. The summed E-state index contributed by atoms with van der Waals surface area (Å²) in [6.07, 6.45) is 2.80. The number of amides is 1. The highest BCUT2D eigenvalue weighted by Gasteiger charge is 2.16. The molecule has 0 aliphatic carbocycles. The number of hydroxylamine groups is 2. The lowest BCUT2D eigenvalue weighted by molar-refractivity contribution is -0.154. The SMILES string of the molecule is C=C(/C=C1/CN(C(C)C)CCCN1)C(=O)N(C)O. The Morgan fingerprint density at radius 1 is 1.61 bits per heavy atom. The zero-order chi connectivity index (χ0) is 13.7. The summed E-state index contributed by atoms with van der Waals surface area (Å²) >= 11 is 0. The first-order valence-electron chi connectivity index (χ1n) is 6.26. The van der Waals surface area contributed by atoms with Crippen LogP contribution in [-0.4, -0.2) is 53.8 Å². The molecule has 0 aromatic heterocycles. The van der Waals surface area contributed by atoms with Crippen LogP contribution in [-0.2, 0) is 4.79 Å². The molecule has 0 aromatic rings. The van der Waals surface area contributed by atoms with Crippen LogP contribution in [0.3, 0.4) is 0 Å². The third-order valence-corrected chi connectivity index (χ3v) is 2.99. The first kappa shape index (κ1) is 14.7. The molecule has 0 atom stereocenters. The van der Waals surface area contributed by atoms with Gasteiger partial charge in [-0.3, -0.25) is 14.9 Å². The fourth-order valence-corrected chi connectivity index (χ4v) is 1.90. The molecule has 1 fully saturated rings. The lowest BCUT2D eigenvalue weighted by atomic mass is 10.2. The van der Waals surface area contributed by atoms with E-state index in [9.17, 15) is 4.79 Å². The van der Waals surface area contributed by atoms with Gasteiger partial charge in [0.25, 0.3) is 5.91 Å². The molecule has 1 rings (SSSR count). The molecule has 1 aliphatic heterocycles. The quantitative estimate of drug-likeness (QED) is 0.447. The van der Waals surface area contributed by atoms with Crippen molar-refractivity contribution in [3.05, 3.63) is 23.9 Å². The fraction of sp³-hybridized carbons (Fsp3) is 0.615. The second-order valence-corrected chi connectivity index (χ2v) is 4.87. The summed E-state index contributed by atoms with van der Waals surface area (Å²) in [6.45, 7) is 10.7.